The SMILES string of the molecule is C=C(C)[C@@H]1CC[C@]2(CCN3CCC(C)C3)CC[C@]3(C)[C@H](CC[C@@H]4[C@@]5(C)CC[C@H](OC(=O)CC(C)(C)CC(=O)O)C(C)(C)[C@@H]5CC[C@]43C)[C@@H]12. The third-order valence-electron chi connectivity index (χ3n) is 17.1. The molecular formula is C43H71NO4. The fraction of sp³-hybridized carbons (Fsp3) is 0.907. The van der Waals surface area contributed by atoms with E-state index in [2.05, 4.69) is 59.9 Å². The summed E-state index contributed by atoms with van der Waals surface area (Å²) in [7, 11) is 0. The van der Waals surface area contributed by atoms with Gasteiger partial charge in [0.25, 0.3) is 0 Å². The fourth-order valence-corrected chi connectivity index (χ4v) is 14.6. The highest BCUT2D eigenvalue weighted by Gasteiger charge is 2.71. The van der Waals surface area contributed by atoms with Crippen LogP contribution in [0.1, 0.15) is 152 Å². The average molecular weight is 666 g/mol. The minimum absolute atomic E-state index is 0.0241. The average Bonchev–Trinajstić information content (AvgIpc) is 3.56. The van der Waals surface area contributed by atoms with Crippen molar-refractivity contribution < 1.29 is 19.4 Å². The van der Waals surface area contributed by atoms with Crippen molar-refractivity contribution >= 4 is 11.9 Å². The third-order valence-corrected chi connectivity index (χ3v) is 17.1. The number of aliphatic carboxylic acids is 1. The lowest BCUT2D eigenvalue weighted by molar-refractivity contribution is -0.250. The van der Waals surface area contributed by atoms with Crippen LogP contribution in [0.2, 0.25) is 0 Å². The van der Waals surface area contributed by atoms with Crippen LogP contribution in [0.15, 0.2) is 12.2 Å². The van der Waals surface area contributed by atoms with E-state index >= 15 is 0 Å². The number of carboxylic acid groups (broad SMARTS) is 1. The standard InChI is InChI=1S/C43H71NO4/c1-28(2)30-13-19-43(22-24-44-23-16-29(3)27-44)21-20-41(9)31(37(30)43)11-12-33-40(8)17-15-34(39(6,7)32(40)14-18-42(33,41)10)48-36(47)26-38(4,5)25-35(45)46/h29-34,37H,1,11-27H2,2-10H3,(H,45,46)/t29?,30-,31+,32-,33+,34-,37+,40-,41+,42+,43+/m0/s1. The summed E-state index contributed by atoms with van der Waals surface area (Å²) in [6.07, 6.45) is 15.6. The molecule has 1 N–H and O–H groups in total. The molecule has 5 heteroatoms. The molecule has 1 saturated heterocycles. The molecule has 6 rings (SSSR count). The van der Waals surface area contributed by atoms with Gasteiger partial charge in [-0.25, -0.2) is 0 Å². The first-order valence-electron chi connectivity index (χ1n) is 20.1. The second-order valence-corrected chi connectivity index (χ2v) is 20.7. The molecule has 0 aromatic carbocycles. The van der Waals surface area contributed by atoms with Crippen molar-refractivity contribution in [2.45, 2.75) is 158 Å². The van der Waals surface area contributed by atoms with E-state index in [1.54, 1.807) is 0 Å². The van der Waals surface area contributed by atoms with Crippen molar-refractivity contribution in [3.63, 3.8) is 0 Å². The van der Waals surface area contributed by atoms with Gasteiger partial charge in [-0.2, -0.15) is 0 Å². The minimum Gasteiger partial charge on any atom is -0.481 e. The summed E-state index contributed by atoms with van der Waals surface area (Å²) in [6.45, 7) is 29.9. The largest absolute Gasteiger partial charge is 0.481 e. The number of likely N-dealkylation sites (tertiary alicyclic amines) is 1. The molecule has 5 nitrogen and oxygen atoms in total. The normalized spacial score (nSPS) is 45.4. The van der Waals surface area contributed by atoms with Gasteiger partial charge in [-0.05, 0) is 160 Å². The smallest absolute Gasteiger partial charge is 0.306 e. The van der Waals surface area contributed by atoms with Gasteiger partial charge in [-0.3, -0.25) is 9.59 Å². The van der Waals surface area contributed by atoms with Gasteiger partial charge < -0.3 is 14.7 Å². The Labute approximate surface area is 293 Å². The molecule has 1 aliphatic heterocycles. The molecule has 5 aliphatic carbocycles. The van der Waals surface area contributed by atoms with Crippen molar-refractivity contribution in [2.75, 3.05) is 19.6 Å². The maximum atomic E-state index is 13.2. The second-order valence-electron chi connectivity index (χ2n) is 20.7. The Hall–Kier alpha value is -1.36. The molecule has 0 amide bonds. The van der Waals surface area contributed by atoms with Crippen LogP contribution in [-0.4, -0.2) is 47.7 Å². The number of hydrogen-bond donors (Lipinski definition) is 1. The number of esters is 1. The van der Waals surface area contributed by atoms with Crippen LogP contribution in [0, 0.1) is 68.0 Å². The molecule has 0 bridgehead atoms. The van der Waals surface area contributed by atoms with Crippen LogP contribution in [0.4, 0.5) is 0 Å². The minimum atomic E-state index is -0.862. The lowest BCUT2D eigenvalue weighted by Crippen LogP contribution is -2.66. The van der Waals surface area contributed by atoms with Crippen LogP contribution >= 0.6 is 0 Å². The number of nitrogens with zero attached hydrogens (tertiary/aromatic N) is 1. The van der Waals surface area contributed by atoms with Crippen molar-refractivity contribution in [1.82, 2.24) is 4.90 Å². The zero-order valence-electron chi connectivity index (χ0n) is 32.4. The molecule has 1 heterocycles. The van der Waals surface area contributed by atoms with Gasteiger partial charge in [-0.15, -0.1) is 0 Å². The summed E-state index contributed by atoms with van der Waals surface area (Å²) >= 11 is 0. The number of carbonyl (C=O) groups excluding carboxylic acids is 1. The number of carbonyl (C=O) groups is 2. The fourth-order valence-electron chi connectivity index (χ4n) is 14.6. The summed E-state index contributed by atoms with van der Waals surface area (Å²) in [5, 5.41) is 9.34. The van der Waals surface area contributed by atoms with E-state index in [4.69, 9.17) is 4.74 Å². The quantitative estimate of drug-likeness (QED) is 0.196. The van der Waals surface area contributed by atoms with E-state index in [1.165, 1.54) is 89.4 Å². The Morgan fingerprint density at radius 2 is 1.60 bits per heavy atom. The highest BCUT2D eigenvalue weighted by atomic mass is 16.5. The lowest BCUT2D eigenvalue weighted by atomic mass is 9.32. The monoisotopic (exact) mass is 666 g/mol. The molecule has 0 spiro atoms. The predicted molar refractivity (Wildman–Crippen MR) is 194 cm³/mol. The zero-order chi connectivity index (χ0) is 35.1. The first-order valence-corrected chi connectivity index (χ1v) is 20.1. The van der Waals surface area contributed by atoms with Crippen LogP contribution in [0.25, 0.3) is 0 Å². The first kappa shape index (κ1) is 36.4. The molecule has 0 aromatic rings. The maximum Gasteiger partial charge on any atom is 0.306 e. The molecule has 1 unspecified atom stereocenters. The zero-order valence-corrected chi connectivity index (χ0v) is 32.4. The summed E-state index contributed by atoms with van der Waals surface area (Å²) in [5.41, 5.74) is 2.13. The molecule has 0 radical (unpaired) electrons. The number of fused-ring (bicyclic) bond motifs is 7. The Morgan fingerprint density at radius 1 is 0.875 bits per heavy atom. The molecule has 48 heavy (non-hydrogen) atoms. The van der Waals surface area contributed by atoms with Crippen LogP contribution in [0.3, 0.4) is 0 Å². The molecule has 11 atom stereocenters. The summed E-state index contributed by atoms with van der Waals surface area (Å²) < 4.78 is 6.30. The molecule has 272 valence electrons. The van der Waals surface area contributed by atoms with Gasteiger partial charge in [0.2, 0.25) is 0 Å². The molecular weight excluding hydrogens is 594 g/mol. The van der Waals surface area contributed by atoms with Gasteiger partial charge >= 0.3 is 11.9 Å². The van der Waals surface area contributed by atoms with Crippen LogP contribution in [-0.2, 0) is 14.3 Å². The summed E-state index contributed by atoms with van der Waals surface area (Å²) in [4.78, 5) is 27.4. The molecule has 6 aliphatic rings. The van der Waals surface area contributed by atoms with E-state index in [9.17, 15) is 14.7 Å². The Bertz CT molecular complexity index is 1270. The molecule has 6 fully saturated rings. The van der Waals surface area contributed by atoms with Gasteiger partial charge in [0.05, 0.1) is 12.8 Å². The van der Waals surface area contributed by atoms with E-state index in [0.29, 0.717) is 34.0 Å². The number of carboxylic acids is 1. The Kier molecular flexibility index (Phi) is 9.41. The van der Waals surface area contributed by atoms with Crippen molar-refractivity contribution in [3.8, 4) is 0 Å². The molecule has 0 aromatic heterocycles. The van der Waals surface area contributed by atoms with Crippen LogP contribution < -0.4 is 0 Å². The first-order chi connectivity index (χ1) is 22.3. The van der Waals surface area contributed by atoms with Gasteiger partial charge in [0, 0.05) is 12.0 Å². The third kappa shape index (κ3) is 5.84. The number of allylic oxidation sites excluding steroid dienone is 1. The van der Waals surface area contributed by atoms with Crippen molar-refractivity contribution in [3.05, 3.63) is 12.2 Å². The maximum absolute atomic E-state index is 13.2. The predicted octanol–water partition coefficient (Wildman–Crippen LogP) is 10.2. The number of ether oxygens (including phenoxy) is 1. The molecule has 5 saturated carbocycles. The van der Waals surface area contributed by atoms with E-state index in [-0.39, 0.29) is 35.7 Å². The Balaban J connectivity index is 1.22. The van der Waals surface area contributed by atoms with E-state index in [0.717, 1.165) is 30.6 Å². The van der Waals surface area contributed by atoms with Crippen LogP contribution in [0.5, 0.6) is 0 Å². The summed E-state index contributed by atoms with van der Waals surface area (Å²) in [6, 6.07) is 0. The Morgan fingerprint density at radius 3 is 2.25 bits per heavy atom. The number of rotatable bonds is 9. The number of hydrogen-bond acceptors (Lipinski definition) is 4. The van der Waals surface area contributed by atoms with E-state index in [1.807, 2.05) is 13.8 Å². The van der Waals surface area contributed by atoms with Crippen molar-refractivity contribution in [1.29, 1.82) is 0 Å². The van der Waals surface area contributed by atoms with E-state index < -0.39 is 11.4 Å². The lowest BCUT2D eigenvalue weighted by Gasteiger charge is -2.73. The highest BCUT2D eigenvalue weighted by molar-refractivity contribution is 5.73. The van der Waals surface area contributed by atoms with Crippen molar-refractivity contribution in [2.24, 2.45) is 68.0 Å². The topological polar surface area (TPSA) is 66.8 Å². The second kappa shape index (κ2) is 12.4. The highest BCUT2D eigenvalue weighted by Crippen LogP contribution is 2.78. The van der Waals surface area contributed by atoms with Gasteiger partial charge in [0.1, 0.15) is 6.10 Å². The summed E-state index contributed by atoms with van der Waals surface area (Å²) in [5.74, 6) is 3.23. The van der Waals surface area contributed by atoms with Gasteiger partial charge in [-0.1, -0.05) is 67.5 Å². The van der Waals surface area contributed by atoms with Gasteiger partial charge in [0.15, 0.2) is 0 Å².